The van der Waals surface area contributed by atoms with E-state index in [2.05, 4.69) is 51.1 Å². The summed E-state index contributed by atoms with van der Waals surface area (Å²) in [6.45, 7) is 6.48. The van der Waals surface area contributed by atoms with Crippen molar-refractivity contribution in [1.82, 2.24) is 0 Å². The van der Waals surface area contributed by atoms with E-state index in [1.807, 2.05) is 6.07 Å². The number of hydrogen-bond donors (Lipinski definition) is 1. The van der Waals surface area contributed by atoms with E-state index in [0.29, 0.717) is 0 Å². The van der Waals surface area contributed by atoms with Gasteiger partial charge in [-0.05, 0) is 59.7 Å². The zero-order valence-electron chi connectivity index (χ0n) is 11.5. The lowest BCUT2D eigenvalue weighted by atomic mass is 9.95. The smallest absolute Gasteiger partial charge is 0.0344 e. The van der Waals surface area contributed by atoms with Gasteiger partial charge in [0, 0.05) is 5.69 Å². The van der Waals surface area contributed by atoms with Crippen LogP contribution < -0.4 is 5.73 Å². The largest absolute Gasteiger partial charge is 0.399 e. The lowest BCUT2D eigenvalue weighted by Gasteiger charge is -2.10. The molecule has 2 aromatic carbocycles. The molecule has 0 aromatic heterocycles. The van der Waals surface area contributed by atoms with Crippen LogP contribution in [0.5, 0.6) is 0 Å². The Balaban J connectivity index is 2.47. The van der Waals surface area contributed by atoms with Gasteiger partial charge in [0.2, 0.25) is 0 Å². The Morgan fingerprint density at radius 1 is 0.833 bits per heavy atom. The second-order valence-corrected chi connectivity index (χ2v) is 4.76. The molecule has 0 bridgehead atoms. The standard InChI is InChI=1S/C17H21N/c1-4-13-6-7-16(11-14(13)5-2)15-8-9-17(18)12(3)10-15/h6-11H,4-5,18H2,1-3H3. The van der Waals surface area contributed by atoms with Gasteiger partial charge in [0.25, 0.3) is 0 Å². The highest BCUT2D eigenvalue weighted by atomic mass is 14.5. The van der Waals surface area contributed by atoms with E-state index in [0.717, 1.165) is 24.1 Å². The van der Waals surface area contributed by atoms with Crippen LogP contribution >= 0.6 is 0 Å². The minimum atomic E-state index is 0.861. The van der Waals surface area contributed by atoms with Crippen LogP contribution in [-0.4, -0.2) is 0 Å². The zero-order chi connectivity index (χ0) is 13.1. The van der Waals surface area contributed by atoms with Crippen molar-refractivity contribution in [2.75, 3.05) is 5.73 Å². The molecule has 0 atom stereocenters. The topological polar surface area (TPSA) is 26.0 Å². The molecule has 2 rings (SSSR count). The molecule has 2 N–H and O–H groups in total. The molecule has 0 saturated carbocycles. The first-order chi connectivity index (χ1) is 8.65. The van der Waals surface area contributed by atoms with Gasteiger partial charge in [-0.3, -0.25) is 0 Å². The van der Waals surface area contributed by atoms with Crippen molar-refractivity contribution in [3.8, 4) is 11.1 Å². The molecule has 94 valence electrons. The molecule has 2 aromatic rings. The van der Waals surface area contributed by atoms with Gasteiger partial charge in [-0.15, -0.1) is 0 Å². The summed E-state index contributed by atoms with van der Waals surface area (Å²) < 4.78 is 0. The van der Waals surface area contributed by atoms with Crippen LogP contribution in [0.25, 0.3) is 11.1 Å². The van der Waals surface area contributed by atoms with Crippen molar-refractivity contribution in [2.24, 2.45) is 0 Å². The average Bonchev–Trinajstić information content (AvgIpc) is 2.41. The van der Waals surface area contributed by atoms with Gasteiger partial charge in [-0.25, -0.2) is 0 Å². The molecule has 0 amide bonds. The van der Waals surface area contributed by atoms with Gasteiger partial charge in [-0.1, -0.05) is 38.1 Å². The molecule has 0 unspecified atom stereocenters. The number of benzene rings is 2. The van der Waals surface area contributed by atoms with Crippen molar-refractivity contribution in [3.63, 3.8) is 0 Å². The first-order valence-electron chi connectivity index (χ1n) is 6.64. The number of rotatable bonds is 3. The first kappa shape index (κ1) is 12.7. The van der Waals surface area contributed by atoms with E-state index in [1.165, 1.54) is 22.3 Å². The normalized spacial score (nSPS) is 10.6. The number of aryl methyl sites for hydroxylation is 3. The molecule has 0 aliphatic rings. The molecule has 0 saturated heterocycles. The number of hydrogen-bond acceptors (Lipinski definition) is 1. The van der Waals surface area contributed by atoms with E-state index in [1.54, 1.807) is 0 Å². The van der Waals surface area contributed by atoms with Gasteiger partial charge in [0.05, 0.1) is 0 Å². The predicted octanol–water partition coefficient (Wildman–Crippen LogP) is 4.37. The summed E-state index contributed by atoms with van der Waals surface area (Å²) in [6, 6.07) is 13.0. The second-order valence-electron chi connectivity index (χ2n) is 4.76. The third-order valence-corrected chi connectivity index (χ3v) is 3.57. The SMILES string of the molecule is CCc1ccc(-c2ccc(N)c(C)c2)cc1CC. The van der Waals surface area contributed by atoms with E-state index in [9.17, 15) is 0 Å². The van der Waals surface area contributed by atoms with E-state index >= 15 is 0 Å². The van der Waals surface area contributed by atoms with E-state index < -0.39 is 0 Å². The Morgan fingerprint density at radius 3 is 2.06 bits per heavy atom. The zero-order valence-corrected chi connectivity index (χ0v) is 11.5. The van der Waals surface area contributed by atoms with E-state index in [-0.39, 0.29) is 0 Å². The van der Waals surface area contributed by atoms with Gasteiger partial charge >= 0.3 is 0 Å². The Labute approximate surface area is 110 Å². The average molecular weight is 239 g/mol. The lowest BCUT2D eigenvalue weighted by Crippen LogP contribution is -1.93. The van der Waals surface area contributed by atoms with Gasteiger partial charge in [0.15, 0.2) is 0 Å². The fraction of sp³-hybridized carbons (Fsp3) is 0.294. The molecular weight excluding hydrogens is 218 g/mol. The summed E-state index contributed by atoms with van der Waals surface area (Å²) in [7, 11) is 0. The van der Waals surface area contributed by atoms with Crippen LogP contribution in [0.3, 0.4) is 0 Å². The summed E-state index contributed by atoms with van der Waals surface area (Å²) >= 11 is 0. The Bertz CT molecular complexity index is 556. The van der Waals surface area contributed by atoms with Crippen LogP contribution in [0.4, 0.5) is 5.69 Å². The maximum atomic E-state index is 5.87. The molecule has 1 heteroatoms. The molecule has 0 fully saturated rings. The fourth-order valence-electron chi connectivity index (χ4n) is 2.33. The summed E-state index contributed by atoms with van der Waals surface area (Å²) in [6.07, 6.45) is 2.19. The summed E-state index contributed by atoms with van der Waals surface area (Å²) in [5, 5.41) is 0. The van der Waals surface area contributed by atoms with Crippen molar-refractivity contribution in [2.45, 2.75) is 33.6 Å². The highest BCUT2D eigenvalue weighted by molar-refractivity contribution is 5.68. The van der Waals surface area contributed by atoms with Crippen molar-refractivity contribution < 1.29 is 0 Å². The van der Waals surface area contributed by atoms with Crippen LogP contribution in [0.1, 0.15) is 30.5 Å². The fourth-order valence-corrected chi connectivity index (χ4v) is 2.33. The third kappa shape index (κ3) is 2.40. The summed E-state index contributed by atoms with van der Waals surface area (Å²) in [5.41, 5.74) is 13.3. The highest BCUT2D eigenvalue weighted by Gasteiger charge is 2.04. The molecule has 0 radical (unpaired) electrons. The molecule has 18 heavy (non-hydrogen) atoms. The van der Waals surface area contributed by atoms with Crippen LogP contribution in [0.15, 0.2) is 36.4 Å². The minimum absolute atomic E-state index is 0.861. The molecule has 0 spiro atoms. The van der Waals surface area contributed by atoms with Crippen LogP contribution in [0, 0.1) is 6.92 Å². The molecule has 0 heterocycles. The maximum Gasteiger partial charge on any atom is 0.0344 e. The lowest BCUT2D eigenvalue weighted by molar-refractivity contribution is 1.04. The summed E-state index contributed by atoms with van der Waals surface area (Å²) in [5.74, 6) is 0. The van der Waals surface area contributed by atoms with Crippen molar-refractivity contribution in [1.29, 1.82) is 0 Å². The highest BCUT2D eigenvalue weighted by Crippen LogP contribution is 2.26. The molecule has 0 aliphatic carbocycles. The second kappa shape index (κ2) is 5.26. The summed E-state index contributed by atoms with van der Waals surface area (Å²) in [4.78, 5) is 0. The third-order valence-electron chi connectivity index (χ3n) is 3.57. The monoisotopic (exact) mass is 239 g/mol. The van der Waals surface area contributed by atoms with Gasteiger partial charge in [0.1, 0.15) is 0 Å². The quantitative estimate of drug-likeness (QED) is 0.791. The Morgan fingerprint density at radius 2 is 1.44 bits per heavy atom. The number of nitrogen functional groups attached to an aromatic ring is 1. The number of anilines is 1. The van der Waals surface area contributed by atoms with Crippen LogP contribution in [-0.2, 0) is 12.8 Å². The van der Waals surface area contributed by atoms with Gasteiger partial charge in [-0.2, -0.15) is 0 Å². The number of nitrogens with two attached hydrogens (primary N) is 1. The predicted molar refractivity (Wildman–Crippen MR) is 79.8 cm³/mol. The van der Waals surface area contributed by atoms with Gasteiger partial charge < -0.3 is 5.73 Å². The molecular formula is C17H21N. The molecule has 0 aliphatic heterocycles. The molecule has 1 nitrogen and oxygen atoms in total. The first-order valence-corrected chi connectivity index (χ1v) is 6.64. The Kier molecular flexibility index (Phi) is 3.71. The maximum absolute atomic E-state index is 5.87. The van der Waals surface area contributed by atoms with Crippen molar-refractivity contribution in [3.05, 3.63) is 53.1 Å². The van der Waals surface area contributed by atoms with Crippen molar-refractivity contribution >= 4 is 5.69 Å². The Hall–Kier alpha value is -1.76. The minimum Gasteiger partial charge on any atom is -0.399 e. The van der Waals surface area contributed by atoms with Crippen LogP contribution in [0.2, 0.25) is 0 Å². The van der Waals surface area contributed by atoms with E-state index in [4.69, 9.17) is 5.73 Å².